The quantitative estimate of drug-likeness (QED) is 0.0293. The van der Waals surface area contributed by atoms with Crippen molar-refractivity contribution in [2.24, 2.45) is 0 Å². The molecule has 1 fully saturated rings. The molecule has 7 N–H and O–H groups in total. The highest BCUT2D eigenvalue weighted by Gasteiger charge is 2.44. The van der Waals surface area contributed by atoms with Gasteiger partial charge in [0.1, 0.15) is 30.5 Å². The highest BCUT2D eigenvalue weighted by Crippen LogP contribution is 2.24. The molecule has 1 rings (SSSR count). The van der Waals surface area contributed by atoms with Crippen LogP contribution in [-0.4, -0.2) is 98.7 Å². The van der Waals surface area contributed by atoms with Gasteiger partial charge in [-0.25, -0.2) is 0 Å². The van der Waals surface area contributed by atoms with Crippen LogP contribution in [0.4, 0.5) is 0 Å². The number of unbranched alkanes of at least 4 members (excludes halogenated alkanes) is 42. The summed E-state index contributed by atoms with van der Waals surface area (Å²) in [5.41, 5.74) is 0. The number of hydrogen-bond acceptors (Lipinski definition) is 9. The summed E-state index contributed by atoms with van der Waals surface area (Å²) in [4.78, 5) is 13.2. The maximum Gasteiger partial charge on any atom is 0.249 e. The third-order valence-electron chi connectivity index (χ3n) is 15.1. The summed E-state index contributed by atoms with van der Waals surface area (Å²) in [6, 6.07) is -0.889. The summed E-state index contributed by atoms with van der Waals surface area (Å²) in [5, 5.41) is 65.3. The second-order valence-corrected chi connectivity index (χ2v) is 21.7. The van der Waals surface area contributed by atoms with Crippen LogP contribution < -0.4 is 5.32 Å². The van der Waals surface area contributed by atoms with Crippen molar-refractivity contribution in [3.8, 4) is 0 Å². The number of hydrogen-bond donors (Lipinski definition) is 7. The Bertz CT molecular complexity index is 1070. The third kappa shape index (κ3) is 38.4. The molecule has 10 heteroatoms. The number of nitrogens with one attached hydrogen (secondary N) is 1. The van der Waals surface area contributed by atoms with Crippen molar-refractivity contribution in [1.29, 1.82) is 0 Å². The first-order valence-corrected chi connectivity index (χ1v) is 30.3. The first kappa shape index (κ1) is 66.2. The zero-order valence-electron chi connectivity index (χ0n) is 45.5. The molecule has 0 aromatic rings. The van der Waals surface area contributed by atoms with Crippen LogP contribution in [0.2, 0.25) is 0 Å². The van der Waals surface area contributed by atoms with Crippen molar-refractivity contribution < 1.29 is 44.9 Å². The Morgan fingerprint density at radius 2 is 0.725 bits per heavy atom. The summed E-state index contributed by atoms with van der Waals surface area (Å²) in [5.74, 6) is -0.575. The standard InChI is InChI=1S/C59H117NO9/c1-3-5-7-9-11-13-15-17-19-21-22-23-24-25-26-27-28-29-30-32-34-36-38-40-42-44-46-48-53(63)58(67)60-51(50-68-59-57(66)56(65)55(64)54(49-61)69-59)52(62)47-45-43-41-39-37-35-33-31-20-18-16-14-12-10-8-6-4-2/h51-57,59,61-66H,3-50H2,1-2H3,(H,60,67). The highest BCUT2D eigenvalue weighted by molar-refractivity contribution is 5.80. The number of aliphatic hydroxyl groups is 6. The van der Waals surface area contributed by atoms with Gasteiger partial charge in [-0.1, -0.05) is 296 Å². The van der Waals surface area contributed by atoms with Crippen LogP contribution >= 0.6 is 0 Å². The lowest BCUT2D eigenvalue weighted by atomic mass is 9.99. The maximum absolute atomic E-state index is 13.2. The van der Waals surface area contributed by atoms with Crippen LogP contribution in [0.15, 0.2) is 0 Å². The van der Waals surface area contributed by atoms with E-state index in [9.17, 15) is 35.4 Å². The molecular weight excluding hydrogens is 867 g/mol. The van der Waals surface area contributed by atoms with E-state index in [0.717, 1.165) is 38.5 Å². The fourth-order valence-corrected chi connectivity index (χ4v) is 10.2. The summed E-state index contributed by atoms with van der Waals surface area (Å²) < 4.78 is 11.3. The molecule has 1 saturated heterocycles. The average molecular weight is 985 g/mol. The second-order valence-electron chi connectivity index (χ2n) is 21.7. The van der Waals surface area contributed by atoms with Crippen LogP contribution in [0.5, 0.6) is 0 Å². The average Bonchev–Trinajstić information content (AvgIpc) is 3.35. The number of carbonyl (C=O) groups is 1. The molecule has 1 amide bonds. The van der Waals surface area contributed by atoms with Gasteiger partial charge in [0.05, 0.1) is 25.4 Å². The largest absolute Gasteiger partial charge is 0.394 e. The molecule has 0 radical (unpaired) electrons. The minimum atomic E-state index is -1.59. The lowest BCUT2D eigenvalue weighted by Gasteiger charge is -2.40. The highest BCUT2D eigenvalue weighted by atomic mass is 16.7. The number of aliphatic hydroxyl groups excluding tert-OH is 6. The minimum Gasteiger partial charge on any atom is -0.394 e. The maximum atomic E-state index is 13.2. The molecule has 0 saturated carbocycles. The van der Waals surface area contributed by atoms with Crippen LogP contribution in [0.25, 0.3) is 0 Å². The summed E-state index contributed by atoms with van der Waals surface area (Å²) >= 11 is 0. The lowest BCUT2D eigenvalue weighted by Crippen LogP contribution is -2.60. The van der Waals surface area contributed by atoms with Crippen LogP contribution in [0.1, 0.15) is 309 Å². The SMILES string of the molecule is CCCCCCCCCCCCCCCCCCCCCCCCCCCCCC(O)C(=O)NC(COC1OC(CO)C(O)C(O)C1O)C(O)CCCCCCCCCCCCCCCCCCC. The molecule has 69 heavy (non-hydrogen) atoms. The number of carbonyl (C=O) groups excluding carboxylic acids is 1. The van der Waals surface area contributed by atoms with E-state index in [1.807, 2.05) is 0 Å². The molecule has 1 aliphatic rings. The van der Waals surface area contributed by atoms with Gasteiger partial charge in [-0.3, -0.25) is 4.79 Å². The van der Waals surface area contributed by atoms with Gasteiger partial charge >= 0.3 is 0 Å². The van der Waals surface area contributed by atoms with Gasteiger partial charge < -0.3 is 45.4 Å². The van der Waals surface area contributed by atoms with Gasteiger partial charge in [-0.05, 0) is 12.8 Å². The van der Waals surface area contributed by atoms with E-state index in [2.05, 4.69) is 19.2 Å². The Kier molecular flexibility index (Phi) is 47.3. The Labute approximate surface area is 426 Å². The van der Waals surface area contributed by atoms with Crippen molar-refractivity contribution in [1.82, 2.24) is 5.32 Å². The summed E-state index contributed by atoms with van der Waals surface area (Å²) in [6.45, 7) is 3.72. The topological polar surface area (TPSA) is 169 Å². The smallest absolute Gasteiger partial charge is 0.249 e. The lowest BCUT2D eigenvalue weighted by molar-refractivity contribution is -0.302. The van der Waals surface area contributed by atoms with Crippen molar-refractivity contribution >= 4 is 5.91 Å². The molecule has 0 aromatic carbocycles. The Morgan fingerprint density at radius 3 is 1.03 bits per heavy atom. The van der Waals surface area contributed by atoms with Crippen molar-refractivity contribution in [3.63, 3.8) is 0 Å². The molecule has 8 unspecified atom stereocenters. The molecule has 0 aliphatic carbocycles. The van der Waals surface area contributed by atoms with E-state index >= 15 is 0 Å². The fraction of sp³-hybridized carbons (Fsp3) is 0.983. The molecule has 8 atom stereocenters. The zero-order valence-corrected chi connectivity index (χ0v) is 45.5. The van der Waals surface area contributed by atoms with Crippen molar-refractivity contribution in [3.05, 3.63) is 0 Å². The van der Waals surface area contributed by atoms with E-state index in [0.29, 0.717) is 12.8 Å². The molecule has 412 valence electrons. The summed E-state index contributed by atoms with van der Waals surface area (Å²) in [6.07, 6.45) is 48.9. The third-order valence-corrected chi connectivity index (χ3v) is 15.1. The normalized spacial score (nSPS) is 19.8. The molecule has 1 aliphatic heterocycles. The Morgan fingerprint density at radius 1 is 0.435 bits per heavy atom. The van der Waals surface area contributed by atoms with Crippen molar-refractivity contribution in [2.45, 2.75) is 358 Å². The predicted molar refractivity (Wildman–Crippen MR) is 287 cm³/mol. The molecular formula is C59H117NO9. The monoisotopic (exact) mass is 984 g/mol. The van der Waals surface area contributed by atoms with E-state index in [-0.39, 0.29) is 6.61 Å². The molecule has 0 spiro atoms. The van der Waals surface area contributed by atoms with E-state index in [1.54, 1.807) is 0 Å². The Hall–Kier alpha value is -0.850. The van der Waals surface area contributed by atoms with E-state index in [4.69, 9.17) is 9.47 Å². The number of rotatable bonds is 53. The Balaban J connectivity index is 2.18. The molecule has 0 bridgehead atoms. The first-order chi connectivity index (χ1) is 33.8. The van der Waals surface area contributed by atoms with E-state index < -0.39 is 61.5 Å². The second kappa shape index (κ2) is 49.4. The minimum absolute atomic E-state index is 0.249. The van der Waals surface area contributed by atoms with Gasteiger partial charge in [0, 0.05) is 0 Å². The van der Waals surface area contributed by atoms with Crippen molar-refractivity contribution in [2.75, 3.05) is 13.2 Å². The number of amides is 1. The molecule has 0 aromatic heterocycles. The van der Waals surface area contributed by atoms with Crippen LogP contribution in [-0.2, 0) is 14.3 Å². The number of ether oxygens (including phenoxy) is 2. The van der Waals surface area contributed by atoms with Crippen LogP contribution in [0.3, 0.4) is 0 Å². The van der Waals surface area contributed by atoms with Gasteiger partial charge in [0.15, 0.2) is 6.29 Å². The van der Waals surface area contributed by atoms with Gasteiger partial charge in [-0.2, -0.15) is 0 Å². The fourth-order valence-electron chi connectivity index (χ4n) is 10.2. The summed E-state index contributed by atoms with van der Waals surface area (Å²) in [7, 11) is 0. The zero-order chi connectivity index (χ0) is 50.3. The van der Waals surface area contributed by atoms with Gasteiger partial charge in [-0.15, -0.1) is 0 Å². The van der Waals surface area contributed by atoms with Gasteiger partial charge in [0.25, 0.3) is 0 Å². The van der Waals surface area contributed by atoms with E-state index in [1.165, 1.54) is 244 Å². The molecule has 10 nitrogen and oxygen atoms in total. The van der Waals surface area contributed by atoms with Gasteiger partial charge in [0.2, 0.25) is 5.91 Å². The first-order valence-electron chi connectivity index (χ1n) is 30.3. The molecule has 1 heterocycles. The predicted octanol–water partition coefficient (Wildman–Crippen LogP) is 14.0. The van der Waals surface area contributed by atoms with Crippen LogP contribution in [0, 0.1) is 0 Å².